The number of amides is 1. The van der Waals surface area contributed by atoms with E-state index in [9.17, 15) is 4.79 Å². The average Bonchev–Trinajstić information content (AvgIpc) is 2.75. The van der Waals surface area contributed by atoms with E-state index in [-0.39, 0.29) is 16.9 Å². The first-order valence-corrected chi connectivity index (χ1v) is 12.9. The van der Waals surface area contributed by atoms with Crippen LogP contribution < -0.4 is 5.32 Å². The first-order valence-electron chi connectivity index (χ1n) is 12.9. The Bertz CT molecular complexity index is 800. The number of nitrogens with zero attached hydrogens (tertiary/aromatic N) is 1. The summed E-state index contributed by atoms with van der Waals surface area (Å²) in [4.78, 5) is 16.5. The van der Waals surface area contributed by atoms with Gasteiger partial charge in [-0.1, -0.05) is 50.6 Å². The first-order chi connectivity index (χ1) is 14.9. The quantitative estimate of drug-likeness (QED) is 0.653. The van der Waals surface area contributed by atoms with Crippen molar-refractivity contribution < 1.29 is 4.79 Å². The minimum absolute atomic E-state index is 0.157. The van der Waals surface area contributed by atoms with Crippen LogP contribution in [0.25, 0.3) is 0 Å². The zero-order chi connectivity index (χ0) is 21.7. The van der Waals surface area contributed by atoms with Gasteiger partial charge in [0.15, 0.2) is 0 Å². The predicted molar refractivity (Wildman–Crippen MR) is 127 cm³/mol. The predicted octanol–water partition coefficient (Wildman–Crippen LogP) is 5.54. The van der Waals surface area contributed by atoms with Crippen LogP contribution in [0.2, 0.25) is 0 Å². The largest absolute Gasteiger partial charge is 0.352 e. The third-order valence-corrected chi connectivity index (χ3v) is 9.59. The zero-order valence-corrected chi connectivity index (χ0v) is 20.0. The van der Waals surface area contributed by atoms with Crippen LogP contribution in [0.5, 0.6) is 0 Å². The topological polar surface area (TPSA) is 32.3 Å². The average molecular weight is 423 g/mol. The van der Waals surface area contributed by atoms with E-state index in [0.29, 0.717) is 17.2 Å². The third-order valence-electron chi connectivity index (χ3n) is 9.59. The van der Waals surface area contributed by atoms with Gasteiger partial charge in [-0.15, -0.1) is 0 Å². The molecular formula is C28H42N2O. The van der Waals surface area contributed by atoms with Gasteiger partial charge in [0, 0.05) is 12.6 Å². The molecule has 5 fully saturated rings. The van der Waals surface area contributed by atoms with E-state index in [4.69, 9.17) is 0 Å². The number of hydrogen-bond acceptors (Lipinski definition) is 2. The number of piperidine rings is 1. The molecule has 1 N–H and O–H groups in total. The molecule has 4 aliphatic carbocycles. The van der Waals surface area contributed by atoms with Crippen LogP contribution >= 0.6 is 0 Å². The highest BCUT2D eigenvalue weighted by atomic mass is 16.2. The van der Waals surface area contributed by atoms with Crippen molar-refractivity contribution in [2.45, 2.75) is 90.0 Å². The summed E-state index contributed by atoms with van der Waals surface area (Å²) in [5.74, 6) is 1.93. The Kier molecular flexibility index (Phi) is 5.48. The number of likely N-dealkylation sites (tertiary alicyclic amines) is 1. The maximum Gasteiger partial charge on any atom is 0.226 e. The molecule has 4 saturated carbocycles. The number of carbonyl (C=O) groups is 1. The highest BCUT2D eigenvalue weighted by Gasteiger charge is 2.65. The molecule has 1 aromatic rings. The molecule has 2 unspecified atom stereocenters. The fourth-order valence-corrected chi connectivity index (χ4v) is 8.45. The van der Waals surface area contributed by atoms with Crippen molar-refractivity contribution in [1.82, 2.24) is 10.2 Å². The summed E-state index contributed by atoms with van der Waals surface area (Å²) >= 11 is 0. The molecule has 0 radical (unpaired) electrons. The summed E-state index contributed by atoms with van der Waals surface area (Å²) in [5.41, 5.74) is 1.90. The van der Waals surface area contributed by atoms with Gasteiger partial charge in [-0.25, -0.2) is 0 Å². The molecule has 3 heteroatoms. The van der Waals surface area contributed by atoms with Crippen LogP contribution in [-0.4, -0.2) is 36.5 Å². The highest BCUT2D eigenvalue weighted by molar-refractivity contribution is 5.84. The maximum atomic E-state index is 13.9. The fourth-order valence-electron chi connectivity index (χ4n) is 8.45. The van der Waals surface area contributed by atoms with Crippen LogP contribution in [0.3, 0.4) is 0 Å². The lowest BCUT2D eigenvalue weighted by Gasteiger charge is -2.66. The summed E-state index contributed by atoms with van der Waals surface area (Å²) in [6.07, 6.45) is 11.0. The number of rotatable bonds is 6. The van der Waals surface area contributed by atoms with Gasteiger partial charge in [-0.3, -0.25) is 4.79 Å². The minimum atomic E-state index is -0.157. The van der Waals surface area contributed by atoms with Crippen LogP contribution in [0.15, 0.2) is 30.3 Å². The van der Waals surface area contributed by atoms with E-state index in [1.807, 2.05) is 0 Å². The Morgan fingerprint density at radius 2 is 1.84 bits per heavy atom. The monoisotopic (exact) mass is 422 g/mol. The molecule has 6 rings (SSSR count). The number of benzene rings is 1. The minimum Gasteiger partial charge on any atom is -0.352 e. The lowest BCUT2D eigenvalue weighted by Crippen LogP contribution is -2.63. The van der Waals surface area contributed by atoms with Gasteiger partial charge in [0.2, 0.25) is 5.91 Å². The van der Waals surface area contributed by atoms with Crippen molar-refractivity contribution in [3.05, 3.63) is 35.9 Å². The van der Waals surface area contributed by atoms with E-state index in [2.05, 4.69) is 61.3 Å². The Hall–Kier alpha value is -1.35. The Balaban J connectivity index is 1.35. The molecule has 170 valence electrons. The molecule has 5 aliphatic rings. The van der Waals surface area contributed by atoms with Gasteiger partial charge in [0.1, 0.15) is 0 Å². The lowest BCUT2D eigenvalue weighted by atomic mass is 9.38. The second-order valence-electron chi connectivity index (χ2n) is 12.1. The van der Waals surface area contributed by atoms with Gasteiger partial charge in [0.05, 0.1) is 5.41 Å². The van der Waals surface area contributed by atoms with E-state index in [1.165, 1.54) is 57.2 Å². The highest BCUT2D eigenvalue weighted by Crippen LogP contribution is 2.71. The SMILES string of the molecule is CC[C@@]12CC3CC(C(=O)N[C@@H](C)CN4CCC(C)CC4)(C1)C[C@](c1ccccc1)(C3)C2. The van der Waals surface area contributed by atoms with Gasteiger partial charge >= 0.3 is 0 Å². The fraction of sp³-hybridized carbons (Fsp3) is 0.750. The van der Waals surface area contributed by atoms with Gasteiger partial charge < -0.3 is 10.2 Å². The number of nitrogens with one attached hydrogen (secondary N) is 1. The van der Waals surface area contributed by atoms with Gasteiger partial charge in [-0.2, -0.15) is 0 Å². The summed E-state index contributed by atoms with van der Waals surface area (Å²) in [7, 11) is 0. The first kappa shape index (κ1) is 21.5. The summed E-state index contributed by atoms with van der Waals surface area (Å²) in [6, 6.07) is 11.4. The summed E-state index contributed by atoms with van der Waals surface area (Å²) in [6.45, 7) is 10.3. The van der Waals surface area contributed by atoms with E-state index < -0.39 is 0 Å². The van der Waals surface area contributed by atoms with E-state index in [0.717, 1.165) is 31.7 Å². The molecule has 1 heterocycles. The van der Waals surface area contributed by atoms with E-state index in [1.54, 1.807) is 0 Å². The molecule has 0 aromatic heterocycles. The second-order valence-corrected chi connectivity index (χ2v) is 12.1. The Labute approximate surface area is 189 Å². The number of hydrogen-bond donors (Lipinski definition) is 1. The second kappa shape index (κ2) is 7.90. The Morgan fingerprint density at radius 1 is 1.10 bits per heavy atom. The molecule has 1 aliphatic heterocycles. The molecule has 31 heavy (non-hydrogen) atoms. The Morgan fingerprint density at radius 3 is 2.55 bits per heavy atom. The molecule has 1 saturated heterocycles. The molecule has 0 spiro atoms. The van der Waals surface area contributed by atoms with Crippen LogP contribution in [0, 0.1) is 22.7 Å². The molecule has 1 aromatic carbocycles. The van der Waals surface area contributed by atoms with Gasteiger partial charge in [0.25, 0.3) is 0 Å². The van der Waals surface area contributed by atoms with Gasteiger partial charge in [-0.05, 0) is 99.6 Å². The smallest absolute Gasteiger partial charge is 0.226 e. The third kappa shape index (κ3) is 3.86. The standard InChI is InChI=1S/C28H42N2O/c1-4-26-14-23-15-27(18-26,24-8-6-5-7-9-24)20-28(16-23,19-26)25(31)29-22(3)17-30-12-10-21(2)11-13-30/h5-9,21-23H,4,10-20H2,1-3H3,(H,29,31)/t22-,23?,26-,27-,28?/m0/s1. The van der Waals surface area contributed by atoms with Crippen molar-refractivity contribution in [1.29, 1.82) is 0 Å². The van der Waals surface area contributed by atoms with Crippen LogP contribution in [0.1, 0.15) is 84.1 Å². The lowest BCUT2D eigenvalue weighted by molar-refractivity contribution is -0.163. The molecule has 1 amide bonds. The maximum absolute atomic E-state index is 13.9. The van der Waals surface area contributed by atoms with Crippen LogP contribution in [-0.2, 0) is 10.2 Å². The van der Waals surface area contributed by atoms with Crippen molar-refractivity contribution in [2.24, 2.45) is 22.7 Å². The van der Waals surface area contributed by atoms with Crippen molar-refractivity contribution in [3.63, 3.8) is 0 Å². The van der Waals surface area contributed by atoms with Crippen molar-refractivity contribution in [3.8, 4) is 0 Å². The zero-order valence-electron chi connectivity index (χ0n) is 20.0. The van der Waals surface area contributed by atoms with Crippen molar-refractivity contribution >= 4 is 5.91 Å². The van der Waals surface area contributed by atoms with Crippen molar-refractivity contribution in [2.75, 3.05) is 19.6 Å². The molecular weight excluding hydrogens is 380 g/mol. The summed E-state index contributed by atoms with van der Waals surface area (Å²) in [5, 5.41) is 3.52. The number of carbonyl (C=O) groups excluding carboxylic acids is 1. The van der Waals surface area contributed by atoms with E-state index >= 15 is 0 Å². The molecule has 5 atom stereocenters. The summed E-state index contributed by atoms with van der Waals surface area (Å²) < 4.78 is 0. The molecule has 4 bridgehead atoms. The normalized spacial score (nSPS) is 38.9. The van der Waals surface area contributed by atoms with Crippen LogP contribution in [0.4, 0.5) is 0 Å². The molecule has 3 nitrogen and oxygen atoms in total.